The Bertz CT molecular complexity index is 397. The van der Waals surface area contributed by atoms with Crippen LogP contribution in [0.2, 0.25) is 0 Å². The molecule has 0 aliphatic rings. The Kier molecular flexibility index (Phi) is 3.28. The number of rotatable bonds is 4. The van der Waals surface area contributed by atoms with Crippen molar-refractivity contribution in [3.05, 3.63) is 23.8 Å². The second-order valence-electron chi connectivity index (χ2n) is 2.88. The third kappa shape index (κ3) is 2.70. The molecule has 1 aromatic carbocycles. The lowest BCUT2D eigenvalue weighted by atomic mass is 10.1. The zero-order valence-corrected chi connectivity index (χ0v) is 8.06. The van der Waals surface area contributed by atoms with Gasteiger partial charge in [0.15, 0.2) is 17.3 Å². The smallest absolute Gasteiger partial charge is 0.311 e. The average molecular weight is 210 g/mol. The maximum absolute atomic E-state index is 11.3. The molecule has 0 saturated carbocycles. The molecule has 80 valence electrons. The number of Topliss-reactive ketones (excluding diaryl/α,β-unsaturated/α-hetero) is 1. The van der Waals surface area contributed by atoms with E-state index in [4.69, 9.17) is 9.84 Å². The van der Waals surface area contributed by atoms with Crippen LogP contribution in [0.5, 0.6) is 11.5 Å². The predicted molar refractivity (Wildman–Crippen MR) is 51.2 cm³/mol. The Morgan fingerprint density at radius 3 is 2.60 bits per heavy atom. The van der Waals surface area contributed by atoms with Gasteiger partial charge in [0.1, 0.15) is 6.42 Å². The Labute approximate surface area is 85.9 Å². The minimum Gasteiger partial charge on any atom is -0.504 e. The van der Waals surface area contributed by atoms with Gasteiger partial charge in [0.2, 0.25) is 0 Å². The first-order valence-electron chi connectivity index (χ1n) is 4.16. The maximum Gasteiger partial charge on any atom is 0.311 e. The molecule has 0 spiro atoms. The van der Waals surface area contributed by atoms with Crippen LogP contribution in [0.4, 0.5) is 0 Å². The van der Waals surface area contributed by atoms with Gasteiger partial charge in [-0.3, -0.25) is 9.59 Å². The van der Waals surface area contributed by atoms with E-state index < -0.39 is 18.2 Å². The van der Waals surface area contributed by atoms with Gasteiger partial charge in [0.05, 0.1) is 7.11 Å². The first-order valence-corrected chi connectivity index (χ1v) is 4.16. The first-order chi connectivity index (χ1) is 7.04. The monoisotopic (exact) mass is 210 g/mol. The van der Waals surface area contributed by atoms with Gasteiger partial charge >= 0.3 is 5.97 Å². The molecule has 0 bridgehead atoms. The van der Waals surface area contributed by atoms with Crippen molar-refractivity contribution in [2.75, 3.05) is 7.11 Å². The molecule has 2 N–H and O–H groups in total. The lowest BCUT2D eigenvalue weighted by Crippen LogP contribution is -2.06. The summed E-state index contributed by atoms with van der Waals surface area (Å²) in [6, 6.07) is 3.94. The summed E-state index contributed by atoms with van der Waals surface area (Å²) in [5, 5.41) is 17.7. The van der Waals surface area contributed by atoms with Gasteiger partial charge in [-0.1, -0.05) is 0 Å². The van der Waals surface area contributed by atoms with Crippen LogP contribution in [-0.4, -0.2) is 29.1 Å². The fourth-order valence-corrected chi connectivity index (χ4v) is 1.09. The van der Waals surface area contributed by atoms with E-state index in [9.17, 15) is 14.7 Å². The molecule has 5 nitrogen and oxygen atoms in total. The van der Waals surface area contributed by atoms with E-state index in [1.807, 2.05) is 0 Å². The Hall–Kier alpha value is -2.04. The number of ether oxygens (including phenoxy) is 1. The van der Waals surface area contributed by atoms with E-state index in [2.05, 4.69) is 0 Å². The molecule has 0 unspecified atom stereocenters. The number of aromatic hydroxyl groups is 1. The van der Waals surface area contributed by atoms with Crippen LogP contribution >= 0.6 is 0 Å². The molecule has 1 rings (SSSR count). The van der Waals surface area contributed by atoms with Crippen LogP contribution in [0.1, 0.15) is 16.8 Å². The summed E-state index contributed by atoms with van der Waals surface area (Å²) in [7, 11) is 1.35. The SMILES string of the molecule is COc1cc(C(=O)CC(=O)O)ccc1O. The molecule has 0 atom stereocenters. The van der Waals surface area contributed by atoms with Crippen molar-refractivity contribution in [3.63, 3.8) is 0 Å². The normalized spacial score (nSPS) is 9.67. The molecule has 0 aliphatic heterocycles. The summed E-state index contributed by atoms with van der Waals surface area (Å²) in [5.41, 5.74) is 0.201. The standard InChI is InChI=1S/C10H10O5/c1-15-9-4-6(2-3-7(9)11)8(12)5-10(13)14/h2-4,11H,5H2,1H3,(H,13,14). The van der Waals surface area contributed by atoms with Crippen molar-refractivity contribution < 1.29 is 24.5 Å². The third-order valence-corrected chi connectivity index (χ3v) is 1.81. The molecule has 0 saturated heterocycles. The van der Waals surface area contributed by atoms with Crippen LogP contribution < -0.4 is 4.74 Å². The number of phenols is 1. The minimum absolute atomic E-state index is 0.0932. The molecule has 15 heavy (non-hydrogen) atoms. The van der Waals surface area contributed by atoms with Crippen molar-refractivity contribution in [2.45, 2.75) is 6.42 Å². The highest BCUT2D eigenvalue weighted by Gasteiger charge is 2.12. The number of ketones is 1. The second-order valence-corrected chi connectivity index (χ2v) is 2.88. The first kappa shape index (κ1) is 11.0. The molecule has 0 amide bonds. The van der Waals surface area contributed by atoms with Crippen LogP contribution in [0.25, 0.3) is 0 Å². The number of aliphatic carboxylic acids is 1. The van der Waals surface area contributed by atoms with E-state index in [1.54, 1.807) is 0 Å². The highest BCUT2D eigenvalue weighted by Crippen LogP contribution is 2.26. The molecule has 0 heterocycles. The largest absolute Gasteiger partial charge is 0.504 e. The highest BCUT2D eigenvalue weighted by molar-refractivity contribution is 6.05. The second kappa shape index (κ2) is 4.45. The number of hydrogen-bond donors (Lipinski definition) is 2. The van der Waals surface area contributed by atoms with Crippen molar-refractivity contribution in [1.82, 2.24) is 0 Å². The van der Waals surface area contributed by atoms with Gasteiger partial charge in [0.25, 0.3) is 0 Å². The fourth-order valence-electron chi connectivity index (χ4n) is 1.09. The number of carbonyl (C=O) groups is 2. The van der Waals surface area contributed by atoms with Crippen molar-refractivity contribution in [3.8, 4) is 11.5 Å². The zero-order valence-electron chi connectivity index (χ0n) is 8.06. The summed E-state index contributed by atoms with van der Waals surface area (Å²) in [6.07, 6.45) is -0.575. The number of methoxy groups -OCH3 is 1. The molecule has 0 fully saturated rings. The van der Waals surface area contributed by atoms with E-state index in [0.717, 1.165) is 0 Å². The van der Waals surface area contributed by atoms with Crippen molar-refractivity contribution >= 4 is 11.8 Å². The van der Waals surface area contributed by atoms with E-state index in [1.165, 1.54) is 25.3 Å². The van der Waals surface area contributed by atoms with Gasteiger partial charge in [-0.15, -0.1) is 0 Å². The summed E-state index contributed by atoms with van der Waals surface area (Å²) in [5.74, 6) is -1.66. The quantitative estimate of drug-likeness (QED) is 0.573. The summed E-state index contributed by atoms with van der Waals surface area (Å²) >= 11 is 0. The van der Waals surface area contributed by atoms with Crippen molar-refractivity contribution in [2.24, 2.45) is 0 Å². The number of benzene rings is 1. The lowest BCUT2D eigenvalue weighted by molar-refractivity contribution is -0.135. The van der Waals surface area contributed by atoms with Crippen LogP contribution in [-0.2, 0) is 4.79 Å². The third-order valence-electron chi connectivity index (χ3n) is 1.81. The van der Waals surface area contributed by atoms with Crippen molar-refractivity contribution in [1.29, 1.82) is 0 Å². The van der Waals surface area contributed by atoms with Gasteiger partial charge in [0, 0.05) is 5.56 Å². The average Bonchev–Trinajstić information content (AvgIpc) is 2.17. The lowest BCUT2D eigenvalue weighted by Gasteiger charge is -2.04. The van der Waals surface area contributed by atoms with Gasteiger partial charge in [-0.05, 0) is 18.2 Å². The molecule has 0 radical (unpaired) electrons. The van der Waals surface area contributed by atoms with Crippen LogP contribution in [0.3, 0.4) is 0 Å². The number of hydrogen-bond acceptors (Lipinski definition) is 4. The van der Waals surface area contributed by atoms with E-state index in [-0.39, 0.29) is 17.1 Å². The summed E-state index contributed by atoms with van der Waals surface area (Å²) in [6.45, 7) is 0. The fraction of sp³-hybridized carbons (Fsp3) is 0.200. The molecule has 5 heteroatoms. The topological polar surface area (TPSA) is 83.8 Å². The van der Waals surface area contributed by atoms with Crippen LogP contribution in [0, 0.1) is 0 Å². The van der Waals surface area contributed by atoms with Crippen LogP contribution in [0.15, 0.2) is 18.2 Å². The molecule has 1 aromatic rings. The Morgan fingerprint density at radius 1 is 1.40 bits per heavy atom. The Morgan fingerprint density at radius 2 is 2.07 bits per heavy atom. The molecular formula is C10H10O5. The molecule has 0 aliphatic carbocycles. The Balaban J connectivity index is 2.95. The molecule has 0 aromatic heterocycles. The van der Waals surface area contributed by atoms with Gasteiger partial charge in [-0.25, -0.2) is 0 Å². The van der Waals surface area contributed by atoms with Gasteiger partial charge in [-0.2, -0.15) is 0 Å². The highest BCUT2D eigenvalue weighted by atomic mass is 16.5. The summed E-state index contributed by atoms with van der Waals surface area (Å²) < 4.78 is 4.79. The maximum atomic E-state index is 11.3. The van der Waals surface area contributed by atoms with E-state index >= 15 is 0 Å². The minimum atomic E-state index is -1.19. The van der Waals surface area contributed by atoms with E-state index in [0.29, 0.717) is 0 Å². The molecular weight excluding hydrogens is 200 g/mol. The zero-order chi connectivity index (χ0) is 11.4. The summed E-state index contributed by atoms with van der Waals surface area (Å²) in [4.78, 5) is 21.6. The number of phenolic OH excluding ortho intramolecular Hbond substituents is 1. The predicted octanol–water partition coefficient (Wildman–Crippen LogP) is 1.06. The van der Waals surface area contributed by atoms with Gasteiger partial charge < -0.3 is 14.9 Å². The number of carboxylic acid groups (broad SMARTS) is 1. The number of carbonyl (C=O) groups excluding carboxylic acids is 1. The number of carboxylic acids is 1.